The van der Waals surface area contributed by atoms with Crippen LogP contribution in [0.5, 0.6) is 0 Å². The summed E-state index contributed by atoms with van der Waals surface area (Å²) in [6, 6.07) is 4.15. The third-order valence-corrected chi connectivity index (χ3v) is 3.44. The molecule has 116 valence electrons. The molecule has 1 atom stereocenters. The first-order chi connectivity index (χ1) is 9.85. The van der Waals surface area contributed by atoms with Gasteiger partial charge in [-0.2, -0.15) is 0 Å². The van der Waals surface area contributed by atoms with Crippen molar-refractivity contribution in [1.29, 1.82) is 0 Å². The number of anilines is 1. The molecule has 2 rings (SSSR count). The first-order valence-corrected chi connectivity index (χ1v) is 7.51. The fraction of sp³-hybridized carbons (Fsp3) is 0.625. The monoisotopic (exact) mass is 291 g/mol. The summed E-state index contributed by atoms with van der Waals surface area (Å²) in [4.78, 5) is 18.3. The lowest BCUT2D eigenvalue weighted by Gasteiger charge is -2.28. The molecule has 1 fully saturated rings. The smallest absolute Gasteiger partial charge is 0.410 e. The Labute approximate surface area is 126 Å². The maximum Gasteiger partial charge on any atom is 0.410 e. The number of amides is 1. The van der Waals surface area contributed by atoms with Crippen molar-refractivity contribution >= 4 is 11.9 Å². The standard InChI is InChI=1S/C16H25N3O2/c1-12-7-8-14(17-10-12)18-11-13-6-5-9-19(13)15(20)21-16(2,3)4/h7-8,10,13H,5-6,9,11H2,1-4H3,(H,17,18). The van der Waals surface area contributed by atoms with Crippen LogP contribution in [0.2, 0.25) is 0 Å². The SMILES string of the molecule is Cc1ccc(NCC2CCCN2C(=O)OC(C)(C)C)nc1. The molecule has 0 aliphatic carbocycles. The fourth-order valence-corrected chi connectivity index (χ4v) is 2.40. The van der Waals surface area contributed by atoms with E-state index < -0.39 is 5.60 Å². The Morgan fingerprint density at radius 1 is 1.48 bits per heavy atom. The zero-order valence-corrected chi connectivity index (χ0v) is 13.3. The lowest BCUT2D eigenvalue weighted by atomic mass is 10.2. The summed E-state index contributed by atoms with van der Waals surface area (Å²) in [6.45, 7) is 9.16. The molecule has 21 heavy (non-hydrogen) atoms. The number of carbonyl (C=O) groups excluding carboxylic acids is 1. The predicted octanol–water partition coefficient (Wildman–Crippen LogP) is 3.20. The van der Waals surface area contributed by atoms with E-state index >= 15 is 0 Å². The number of hydrogen-bond acceptors (Lipinski definition) is 4. The van der Waals surface area contributed by atoms with Gasteiger partial charge in [0.2, 0.25) is 0 Å². The topological polar surface area (TPSA) is 54.5 Å². The van der Waals surface area contributed by atoms with E-state index in [1.54, 1.807) is 0 Å². The van der Waals surface area contributed by atoms with Gasteiger partial charge in [-0.15, -0.1) is 0 Å². The van der Waals surface area contributed by atoms with Crippen molar-refractivity contribution in [3.05, 3.63) is 23.9 Å². The van der Waals surface area contributed by atoms with Gasteiger partial charge >= 0.3 is 6.09 Å². The molecule has 1 aromatic heterocycles. The van der Waals surface area contributed by atoms with Crippen molar-refractivity contribution in [3.8, 4) is 0 Å². The average Bonchev–Trinajstić information content (AvgIpc) is 2.84. The van der Waals surface area contributed by atoms with Gasteiger partial charge in [-0.05, 0) is 52.2 Å². The molecule has 1 amide bonds. The maximum absolute atomic E-state index is 12.2. The van der Waals surface area contributed by atoms with Crippen LogP contribution < -0.4 is 5.32 Å². The van der Waals surface area contributed by atoms with Gasteiger partial charge in [-0.1, -0.05) is 6.07 Å². The molecule has 0 bridgehead atoms. The number of ether oxygens (including phenoxy) is 1. The normalized spacial score (nSPS) is 18.7. The number of nitrogens with zero attached hydrogens (tertiary/aromatic N) is 2. The maximum atomic E-state index is 12.2. The van der Waals surface area contributed by atoms with Gasteiger partial charge < -0.3 is 15.0 Å². The summed E-state index contributed by atoms with van der Waals surface area (Å²) >= 11 is 0. The van der Waals surface area contributed by atoms with Crippen LogP contribution in [0.25, 0.3) is 0 Å². The lowest BCUT2D eigenvalue weighted by molar-refractivity contribution is 0.0235. The molecule has 1 saturated heterocycles. The molecule has 1 unspecified atom stereocenters. The molecule has 0 saturated carbocycles. The summed E-state index contributed by atoms with van der Waals surface area (Å²) in [5.74, 6) is 0.844. The first-order valence-electron chi connectivity index (χ1n) is 7.51. The summed E-state index contributed by atoms with van der Waals surface area (Å²) < 4.78 is 5.46. The third kappa shape index (κ3) is 4.62. The van der Waals surface area contributed by atoms with Crippen molar-refractivity contribution in [3.63, 3.8) is 0 Å². The minimum absolute atomic E-state index is 0.169. The average molecular weight is 291 g/mol. The van der Waals surface area contributed by atoms with Crippen LogP contribution in [-0.2, 0) is 4.74 Å². The molecule has 0 radical (unpaired) electrons. The number of carbonyl (C=O) groups is 1. The van der Waals surface area contributed by atoms with E-state index in [2.05, 4.69) is 10.3 Å². The fourth-order valence-electron chi connectivity index (χ4n) is 2.40. The quantitative estimate of drug-likeness (QED) is 0.929. The Hall–Kier alpha value is -1.78. The van der Waals surface area contributed by atoms with Gasteiger partial charge in [0, 0.05) is 19.3 Å². The van der Waals surface area contributed by atoms with Crippen LogP contribution in [-0.4, -0.2) is 40.7 Å². The van der Waals surface area contributed by atoms with Crippen LogP contribution in [0.3, 0.4) is 0 Å². The highest BCUT2D eigenvalue weighted by Crippen LogP contribution is 2.21. The van der Waals surface area contributed by atoms with Crippen molar-refractivity contribution in [2.45, 2.75) is 52.2 Å². The Morgan fingerprint density at radius 2 is 2.24 bits per heavy atom. The number of hydrogen-bond donors (Lipinski definition) is 1. The molecule has 5 heteroatoms. The van der Waals surface area contributed by atoms with E-state index in [0.29, 0.717) is 6.54 Å². The molecule has 1 aromatic rings. The molecule has 1 aliphatic heterocycles. The van der Waals surface area contributed by atoms with Gasteiger partial charge in [0.15, 0.2) is 0 Å². The Balaban J connectivity index is 1.90. The van der Waals surface area contributed by atoms with E-state index in [9.17, 15) is 4.79 Å². The second-order valence-corrected chi connectivity index (χ2v) is 6.57. The Kier molecular flexibility index (Phi) is 4.70. The van der Waals surface area contributed by atoms with Gasteiger partial charge in [0.25, 0.3) is 0 Å². The number of likely N-dealkylation sites (tertiary alicyclic amines) is 1. The molecule has 0 aromatic carbocycles. The van der Waals surface area contributed by atoms with Crippen molar-refractivity contribution < 1.29 is 9.53 Å². The van der Waals surface area contributed by atoms with Crippen molar-refractivity contribution in [2.24, 2.45) is 0 Å². The predicted molar refractivity (Wildman–Crippen MR) is 83.4 cm³/mol. The van der Waals surface area contributed by atoms with Gasteiger partial charge in [0.05, 0.1) is 6.04 Å². The molecule has 2 heterocycles. The van der Waals surface area contributed by atoms with Crippen LogP contribution in [0.4, 0.5) is 10.6 Å². The zero-order valence-electron chi connectivity index (χ0n) is 13.3. The van der Waals surface area contributed by atoms with Crippen LogP contribution in [0, 0.1) is 6.92 Å². The second-order valence-electron chi connectivity index (χ2n) is 6.57. The number of aromatic nitrogens is 1. The van der Waals surface area contributed by atoms with E-state index in [4.69, 9.17) is 4.74 Å². The Morgan fingerprint density at radius 3 is 2.86 bits per heavy atom. The summed E-state index contributed by atoms with van der Waals surface area (Å²) in [5.41, 5.74) is 0.688. The third-order valence-electron chi connectivity index (χ3n) is 3.44. The molecular weight excluding hydrogens is 266 g/mol. The largest absolute Gasteiger partial charge is 0.444 e. The van der Waals surface area contributed by atoms with Gasteiger partial charge in [-0.25, -0.2) is 9.78 Å². The number of pyridine rings is 1. The van der Waals surface area contributed by atoms with Crippen LogP contribution >= 0.6 is 0 Å². The molecule has 1 N–H and O–H groups in total. The molecule has 1 aliphatic rings. The first kappa shape index (κ1) is 15.6. The lowest BCUT2D eigenvalue weighted by Crippen LogP contribution is -2.42. The summed E-state index contributed by atoms with van der Waals surface area (Å²) in [5, 5.41) is 3.30. The highest BCUT2D eigenvalue weighted by atomic mass is 16.6. The Bertz CT molecular complexity index is 479. The highest BCUT2D eigenvalue weighted by Gasteiger charge is 2.31. The summed E-state index contributed by atoms with van der Waals surface area (Å²) in [7, 11) is 0. The van der Waals surface area contributed by atoms with E-state index in [1.165, 1.54) is 0 Å². The minimum atomic E-state index is -0.448. The van der Waals surface area contributed by atoms with Gasteiger partial charge in [-0.3, -0.25) is 0 Å². The van der Waals surface area contributed by atoms with Crippen molar-refractivity contribution in [2.75, 3.05) is 18.4 Å². The number of nitrogens with one attached hydrogen (secondary N) is 1. The number of aryl methyl sites for hydroxylation is 1. The van der Waals surface area contributed by atoms with Crippen LogP contribution in [0.1, 0.15) is 39.2 Å². The zero-order chi connectivity index (χ0) is 15.5. The number of rotatable bonds is 3. The molecule has 0 spiro atoms. The molecule has 5 nitrogen and oxygen atoms in total. The molecular formula is C16H25N3O2. The summed E-state index contributed by atoms with van der Waals surface area (Å²) in [6.07, 6.45) is 3.64. The van der Waals surface area contributed by atoms with Gasteiger partial charge in [0.1, 0.15) is 11.4 Å². The van der Waals surface area contributed by atoms with E-state index in [1.807, 2.05) is 50.9 Å². The highest BCUT2D eigenvalue weighted by molar-refractivity contribution is 5.69. The minimum Gasteiger partial charge on any atom is -0.444 e. The van der Waals surface area contributed by atoms with Crippen LogP contribution in [0.15, 0.2) is 18.3 Å². The van der Waals surface area contributed by atoms with Crippen molar-refractivity contribution in [1.82, 2.24) is 9.88 Å². The second kappa shape index (κ2) is 6.33. The van der Waals surface area contributed by atoms with E-state index in [-0.39, 0.29) is 12.1 Å². The van der Waals surface area contributed by atoms with E-state index in [0.717, 1.165) is 30.8 Å².